The quantitative estimate of drug-likeness (QED) is 0.123. The van der Waals surface area contributed by atoms with Crippen LogP contribution in [0.25, 0.3) is 49.2 Å². The third-order valence-electron chi connectivity index (χ3n) is 8.43. The first-order valence-electron chi connectivity index (χ1n) is 14.7. The molecule has 0 amide bonds. The highest BCUT2D eigenvalue weighted by atomic mass is 15.1. The summed E-state index contributed by atoms with van der Waals surface area (Å²) in [4.78, 5) is 4.97. The molecule has 4 nitrogen and oxygen atoms in total. The lowest BCUT2D eigenvalue weighted by molar-refractivity contribution is 0.679. The molecule has 2 heterocycles. The molecule has 0 saturated carbocycles. The standard InChI is InChI=1S/C39H30N4/c40-38(28-12-5-2-6-13-28)42-39(41-25-26-10-3-1-4-11-26)29-20-18-27(19-21-29)30-22-23-32-34-16-9-15-33-31-14-7-8-17-35(31)43(37(33)34)36(32)24-30/h1-24,38H,25,40H2,(H,41,42). The van der Waals surface area contributed by atoms with Crippen LogP contribution in [0, 0.1) is 0 Å². The molecule has 0 aliphatic carbocycles. The lowest BCUT2D eigenvalue weighted by Crippen LogP contribution is -2.34. The Morgan fingerprint density at radius 1 is 0.605 bits per heavy atom. The minimum absolute atomic E-state index is 0.373. The van der Waals surface area contributed by atoms with Gasteiger partial charge < -0.3 is 15.5 Å². The molecule has 0 aliphatic heterocycles. The molecule has 0 bridgehead atoms. The average Bonchev–Trinajstić information content (AvgIpc) is 3.59. The van der Waals surface area contributed by atoms with E-state index in [1.807, 2.05) is 48.5 Å². The zero-order chi connectivity index (χ0) is 28.8. The van der Waals surface area contributed by atoms with Crippen molar-refractivity contribution < 1.29 is 0 Å². The minimum Gasteiger partial charge on any atom is -0.351 e. The van der Waals surface area contributed by atoms with Gasteiger partial charge in [-0.25, -0.2) is 0 Å². The molecule has 0 saturated heterocycles. The maximum absolute atomic E-state index is 6.58. The molecule has 3 N–H and O–H groups in total. The van der Waals surface area contributed by atoms with Gasteiger partial charge in [-0.1, -0.05) is 133 Å². The van der Waals surface area contributed by atoms with Crippen molar-refractivity contribution in [1.82, 2.24) is 9.72 Å². The molecule has 1 atom stereocenters. The third kappa shape index (κ3) is 4.40. The first-order valence-corrected chi connectivity index (χ1v) is 14.7. The molecule has 8 rings (SSSR count). The van der Waals surface area contributed by atoms with Crippen molar-refractivity contribution in [3.63, 3.8) is 0 Å². The Bertz CT molecular complexity index is 2230. The number of hydrogen-bond acceptors (Lipinski definition) is 2. The largest absolute Gasteiger partial charge is 0.351 e. The van der Waals surface area contributed by atoms with Crippen LogP contribution >= 0.6 is 0 Å². The molecule has 2 aromatic heterocycles. The first kappa shape index (κ1) is 25.3. The van der Waals surface area contributed by atoms with E-state index in [4.69, 9.17) is 10.7 Å². The van der Waals surface area contributed by atoms with Crippen LogP contribution in [0.15, 0.2) is 151 Å². The number of nitrogens with zero attached hydrogens (tertiary/aromatic N) is 2. The SMILES string of the molecule is NC(NC(=NCc1ccccc1)c1ccc(-c2ccc3c4cccc5c6ccccc6n(c3c2)c54)cc1)c1ccccc1. The van der Waals surface area contributed by atoms with Crippen LogP contribution in [0.5, 0.6) is 0 Å². The second-order valence-electron chi connectivity index (χ2n) is 11.0. The van der Waals surface area contributed by atoms with Crippen LogP contribution in [-0.2, 0) is 6.54 Å². The lowest BCUT2D eigenvalue weighted by atomic mass is 10.0. The summed E-state index contributed by atoms with van der Waals surface area (Å²) in [5.41, 5.74) is 15.9. The van der Waals surface area contributed by atoms with E-state index in [9.17, 15) is 0 Å². The fourth-order valence-corrected chi connectivity index (χ4v) is 6.30. The summed E-state index contributed by atoms with van der Waals surface area (Å²) in [6.07, 6.45) is -0.373. The van der Waals surface area contributed by atoms with Gasteiger partial charge in [-0.05, 0) is 34.4 Å². The van der Waals surface area contributed by atoms with Gasteiger partial charge in [0.15, 0.2) is 0 Å². The van der Waals surface area contributed by atoms with Gasteiger partial charge >= 0.3 is 0 Å². The fraction of sp³-hybridized carbons (Fsp3) is 0.0513. The number of amidine groups is 1. The topological polar surface area (TPSA) is 54.8 Å². The highest BCUT2D eigenvalue weighted by Crippen LogP contribution is 2.40. The molecule has 0 radical (unpaired) electrons. The van der Waals surface area contributed by atoms with Crippen molar-refractivity contribution in [1.29, 1.82) is 0 Å². The molecule has 8 aromatic rings. The van der Waals surface area contributed by atoms with Gasteiger partial charge in [0.1, 0.15) is 12.0 Å². The molecule has 43 heavy (non-hydrogen) atoms. The number of hydrogen-bond donors (Lipinski definition) is 2. The van der Waals surface area contributed by atoms with Crippen LogP contribution in [-0.4, -0.2) is 10.2 Å². The Morgan fingerprint density at radius 3 is 2.00 bits per heavy atom. The Kier molecular flexibility index (Phi) is 6.13. The van der Waals surface area contributed by atoms with E-state index in [2.05, 4.69) is 107 Å². The van der Waals surface area contributed by atoms with Crippen LogP contribution in [0.2, 0.25) is 0 Å². The van der Waals surface area contributed by atoms with Gasteiger partial charge in [0, 0.05) is 27.1 Å². The van der Waals surface area contributed by atoms with E-state index in [1.165, 1.54) is 43.7 Å². The molecule has 6 aromatic carbocycles. The lowest BCUT2D eigenvalue weighted by Gasteiger charge is -2.18. The number of nitrogens with one attached hydrogen (secondary N) is 1. The molecule has 1 unspecified atom stereocenters. The van der Waals surface area contributed by atoms with Crippen LogP contribution in [0.4, 0.5) is 0 Å². The number of aromatic nitrogens is 1. The Labute approximate surface area is 250 Å². The number of benzene rings is 6. The number of nitrogens with two attached hydrogens (primary N) is 1. The minimum atomic E-state index is -0.373. The summed E-state index contributed by atoms with van der Waals surface area (Å²) in [5.74, 6) is 0.775. The van der Waals surface area contributed by atoms with E-state index >= 15 is 0 Å². The summed E-state index contributed by atoms with van der Waals surface area (Å²) in [6, 6.07) is 51.1. The normalized spacial score (nSPS) is 12.9. The molecule has 0 fully saturated rings. The van der Waals surface area contributed by atoms with Crippen molar-refractivity contribution in [3.05, 3.63) is 162 Å². The van der Waals surface area contributed by atoms with Crippen molar-refractivity contribution in [3.8, 4) is 11.1 Å². The highest BCUT2D eigenvalue weighted by Gasteiger charge is 2.17. The number of rotatable bonds is 6. The van der Waals surface area contributed by atoms with Crippen LogP contribution in [0.3, 0.4) is 0 Å². The smallest absolute Gasteiger partial charge is 0.130 e. The molecule has 206 valence electrons. The first-order chi connectivity index (χ1) is 21.2. The zero-order valence-electron chi connectivity index (χ0n) is 23.6. The summed E-state index contributed by atoms with van der Waals surface area (Å²) in [6.45, 7) is 0.567. The Hall–Kier alpha value is -5.45. The second-order valence-corrected chi connectivity index (χ2v) is 11.0. The number of aliphatic imine (C=N–C) groups is 1. The van der Waals surface area contributed by atoms with Gasteiger partial charge in [-0.2, -0.15) is 0 Å². The summed E-state index contributed by atoms with van der Waals surface area (Å²) < 4.78 is 2.43. The van der Waals surface area contributed by atoms with Crippen molar-refractivity contribution in [2.24, 2.45) is 10.7 Å². The summed E-state index contributed by atoms with van der Waals surface area (Å²) >= 11 is 0. The van der Waals surface area contributed by atoms with Crippen molar-refractivity contribution in [2.75, 3.05) is 0 Å². The van der Waals surface area contributed by atoms with Crippen molar-refractivity contribution >= 4 is 43.9 Å². The van der Waals surface area contributed by atoms with Crippen molar-refractivity contribution in [2.45, 2.75) is 12.7 Å². The monoisotopic (exact) mass is 554 g/mol. The predicted octanol–water partition coefficient (Wildman–Crippen LogP) is 8.70. The third-order valence-corrected chi connectivity index (χ3v) is 8.43. The van der Waals surface area contributed by atoms with Gasteiger partial charge in [0.05, 0.1) is 23.1 Å². The average molecular weight is 555 g/mol. The number of para-hydroxylation sites is 2. The summed E-state index contributed by atoms with van der Waals surface area (Å²) in [5, 5.41) is 8.65. The van der Waals surface area contributed by atoms with E-state index in [-0.39, 0.29) is 6.17 Å². The van der Waals surface area contributed by atoms with Gasteiger partial charge in [0.25, 0.3) is 0 Å². The molecular weight excluding hydrogens is 524 g/mol. The Morgan fingerprint density at radius 2 is 1.23 bits per heavy atom. The number of fused-ring (bicyclic) bond motifs is 6. The van der Waals surface area contributed by atoms with E-state index in [0.717, 1.165) is 28.1 Å². The predicted molar refractivity (Wildman–Crippen MR) is 180 cm³/mol. The van der Waals surface area contributed by atoms with Gasteiger partial charge in [0.2, 0.25) is 0 Å². The Balaban J connectivity index is 1.17. The van der Waals surface area contributed by atoms with Crippen LogP contribution in [0.1, 0.15) is 22.9 Å². The fourth-order valence-electron chi connectivity index (χ4n) is 6.30. The zero-order valence-corrected chi connectivity index (χ0v) is 23.6. The molecule has 0 spiro atoms. The second kappa shape index (κ2) is 10.4. The molecule has 0 aliphatic rings. The highest BCUT2D eigenvalue weighted by molar-refractivity contribution is 6.23. The van der Waals surface area contributed by atoms with Gasteiger partial charge in [-0.3, -0.25) is 4.99 Å². The van der Waals surface area contributed by atoms with E-state index in [0.29, 0.717) is 6.54 Å². The maximum Gasteiger partial charge on any atom is 0.130 e. The summed E-state index contributed by atoms with van der Waals surface area (Å²) in [7, 11) is 0. The van der Waals surface area contributed by atoms with E-state index < -0.39 is 0 Å². The van der Waals surface area contributed by atoms with Gasteiger partial charge in [-0.15, -0.1) is 0 Å². The maximum atomic E-state index is 6.58. The molecular formula is C39H30N4. The van der Waals surface area contributed by atoms with E-state index in [1.54, 1.807) is 0 Å². The van der Waals surface area contributed by atoms with Crippen LogP contribution < -0.4 is 11.1 Å². The molecule has 4 heteroatoms.